The summed E-state index contributed by atoms with van der Waals surface area (Å²) >= 11 is 5.76. The second kappa shape index (κ2) is 5.68. The van der Waals surface area contributed by atoms with E-state index in [1.165, 1.54) is 18.3 Å². The van der Waals surface area contributed by atoms with Gasteiger partial charge >= 0.3 is 12.1 Å². The first kappa shape index (κ1) is 16.3. The van der Waals surface area contributed by atoms with Crippen molar-refractivity contribution in [1.82, 2.24) is 14.8 Å². The van der Waals surface area contributed by atoms with Gasteiger partial charge in [0.05, 0.1) is 5.02 Å². The zero-order valence-corrected chi connectivity index (χ0v) is 10.9. The van der Waals surface area contributed by atoms with Gasteiger partial charge in [0.1, 0.15) is 0 Å². The Morgan fingerprint density at radius 2 is 2.05 bits per heavy atom. The molecule has 2 aromatic rings. The standard InChI is InChI=1S/C10H5ClF3N3O2.ClH/c11-5-2-1-3-15-8(5)17-6(9(18)19)4-7(16-17)10(12,13)14;/h1-4H,(H,18,19);1H/p-1. The molecule has 0 atom stereocenters. The molecule has 2 rings (SSSR count). The molecule has 0 amide bonds. The number of hydrogen-bond donors (Lipinski definition) is 1. The van der Waals surface area contributed by atoms with Crippen LogP contribution >= 0.6 is 11.6 Å². The quantitative estimate of drug-likeness (QED) is 0.818. The highest BCUT2D eigenvalue weighted by Gasteiger charge is 2.36. The van der Waals surface area contributed by atoms with Crippen LogP contribution in [0, 0.1) is 0 Å². The molecule has 0 aromatic carbocycles. The number of carboxylic acids is 1. The Morgan fingerprint density at radius 1 is 1.40 bits per heavy atom. The molecule has 2 aromatic heterocycles. The fourth-order valence-corrected chi connectivity index (χ4v) is 1.57. The summed E-state index contributed by atoms with van der Waals surface area (Å²) in [4.78, 5) is 14.7. The Bertz CT molecular complexity index is 643. The number of aromatic nitrogens is 3. The van der Waals surface area contributed by atoms with Crippen LogP contribution in [0.5, 0.6) is 0 Å². The van der Waals surface area contributed by atoms with E-state index >= 15 is 0 Å². The highest BCUT2D eigenvalue weighted by atomic mass is 35.5. The van der Waals surface area contributed by atoms with Crippen molar-refractivity contribution in [3.8, 4) is 5.82 Å². The number of rotatable bonds is 2. The van der Waals surface area contributed by atoms with Gasteiger partial charge in [-0.05, 0) is 12.1 Å². The Balaban J connectivity index is 0.00000200. The van der Waals surface area contributed by atoms with E-state index in [0.29, 0.717) is 10.7 Å². The molecule has 10 heteroatoms. The summed E-state index contributed by atoms with van der Waals surface area (Å²) in [5.41, 5.74) is -2.00. The molecule has 0 aliphatic heterocycles. The third-order valence-corrected chi connectivity index (χ3v) is 2.45. The number of carboxylic acid groups (broad SMARTS) is 1. The largest absolute Gasteiger partial charge is 1.00 e. The number of aromatic carboxylic acids is 1. The van der Waals surface area contributed by atoms with Crippen molar-refractivity contribution >= 4 is 17.6 Å². The van der Waals surface area contributed by atoms with Crippen molar-refractivity contribution in [2.75, 3.05) is 0 Å². The molecule has 0 aliphatic carbocycles. The van der Waals surface area contributed by atoms with Crippen molar-refractivity contribution in [1.29, 1.82) is 0 Å². The summed E-state index contributed by atoms with van der Waals surface area (Å²) in [5.74, 6) is -1.75. The Labute approximate surface area is 121 Å². The van der Waals surface area contributed by atoms with Crippen LogP contribution < -0.4 is 12.4 Å². The van der Waals surface area contributed by atoms with Crippen molar-refractivity contribution in [3.05, 3.63) is 40.8 Å². The van der Waals surface area contributed by atoms with Crippen LogP contribution in [0.4, 0.5) is 13.2 Å². The average Bonchev–Trinajstić information content (AvgIpc) is 2.74. The van der Waals surface area contributed by atoms with Crippen molar-refractivity contribution in [3.63, 3.8) is 0 Å². The van der Waals surface area contributed by atoms with E-state index in [0.717, 1.165) is 0 Å². The molecule has 0 saturated heterocycles. The van der Waals surface area contributed by atoms with Gasteiger partial charge in [0.25, 0.3) is 0 Å². The molecular weight excluding hydrogens is 322 g/mol. The number of halogens is 5. The maximum atomic E-state index is 12.5. The van der Waals surface area contributed by atoms with Crippen molar-refractivity contribution in [2.45, 2.75) is 6.18 Å². The first-order chi connectivity index (χ1) is 8.80. The van der Waals surface area contributed by atoms with Gasteiger partial charge in [-0.2, -0.15) is 18.3 Å². The van der Waals surface area contributed by atoms with Crippen LogP contribution in [-0.4, -0.2) is 25.8 Å². The summed E-state index contributed by atoms with van der Waals surface area (Å²) in [6, 6.07) is 3.25. The number of hydrogen-bond acceptors (Lipinski definition) is 3. The van der Waals surface area contributed by atoms with E-state index in [2.05, 4.69) is 10.1 Å². The summed E-state index contributed by atoms with van der Waals surface area (Å²) in [6.07, 6.45) is -3.49. The van der Waals surface area contributed by atoms with Crippen molar-refractivity contribution in [2.24, 2.45) is 0 Å². The molecule has 0 fully saturated rings. The van der Waals surface area contributed by atoms with Crippen LogP contribution in [-0.2, 0) is 6.18 Å². The smallest absolute Gasteiger partial charge is 0.435 e. The molecule has 2 heterocycles. The maximum absolute atomic E-state index is 12.5. The lowest BCUT2D eigenvalue weighted by Gasteiger charge is -2.05. The minimum absolute atomic E-state index is 0. The van der Waals surface area contributed by atoms with Crippen LogP contribution in [0.3, 0.4) is 0 Å². The fraction of sp³-hybridized carbons (Fsp3) is 0.100. The molecule has 0 radical (unpaired) electrons. The molecule has 5 nitrogen and oxygen atoms in total. The van der Waals surface area contributed by atoms with Gasteiger partial charge in [0.15, 0.2) is 17.2 Å². The summed E-state index contributed by atoms with van der Waals surface area (Å²) in [7, 11) is 0. The normalized spacial score (nSPS) is 11.0. The molecule has 0 spiro atoms. The predicted molar refractivity (Wildman–Crippen MR) is 58.3 cm³/mol. The van der Waals surface area contributed by atoms with Crippen LogP contribution in [0.2, 0.25) is 5.02 Å². The van der Waals surface area contributed by atoms with Gasteiger partial charge in [-0.15, -0.1) is 0 Å². The third kappa shape index (κ3) is 3.02. The van der Waals surface area contributed by atoms with E-state index in [9.17, 15) is 18.0 Å². The molecule has 20 heavy (non-hydrogen) atoms. The summed E-state index contributed by atoms with van der Waals surface area (Å²) < 4.78 is 38.2. The number of carbonyl (C=O) groups is 1. The number of pyridine rings is 1. The molecule has 0 unspecified atom stereocenters. The van der Waals surface area contributed by atoms with E-state index in [1.807, 2.05) is 0 Å². The van der Waals surface area contributed by atoms with Crippen molar-refractivity contribution < 1.29 is 35.5 Å². The van der Waals surface area contributed by atoms with Crippen LogP contribution in [0.1, 0.15) is 16.2 Å². The van der Waals surface area contributed by atoms with Gasteiger partial charge in [0.2, 0.25) is 0 Å². The van der Waals surface area contributed by atoms with Gasteiger partial charge in [-0.1, -0.05) is 11.6 Å². The molecule has 0 aliphatic rings. The Hall–Kier alpha value is -1.80. The summed E-state index contributed by atoms with van der Waals surface area (Å²) in [5, 5.41) is 12.1. The Morgan fingerprint density at radius 3 is 2.55 bits per heavy atom. The van der Waals surface area contributed by atoms with E-state index in [-0.39, 0.29) is 23.2 Å². The lowest BCUT2D eigenvalue weighted by molar-refractivity contribution is -0.141. The average molecular weight is 327 g/mol. The minimum Gasteiger partial charge on any atom is -1.00 e. The van der Waals surface area contributed by atoms with Crippen LogP contribution in [0.25, 0.3) is 5.82 Å². The minimum atomic E-state index is -4.75. The molecular formula is C10H5Cl2F3N3O2-. The summed E-state index contributed by atoms with van der Waals surface area (Å²) in [6.45, 7) is 0. The fourth-order valence-electron chi connectivity index (χ4n) is 1.37. The zero-order chi connectivity index (χ0) is 14.2. The van der Waals surface area contributed by atoms with E-state index < -0.39 is 23.5 Å². The third-order valence-electron chi connectivity index (χ3n) is 2.16. The predicted octanol–water partition coefficient (Wildman–Crippen LogP) is -0.358. The second-order valence-electron chi connectivity index (χ2n) is 3.44. The molecule has 108 valence electrons. The SMILES string of the molecule is O=C(O)c1cc(C(F)(F)F)nn1-c1ncccc1Cl.[Cl-]. The topological polar surface area (TPSA) is 68.0 Å². The van der Waals surface area contributed by atoms with Gasteiger partial charge in [-0.3, -0.25) is 0 Å². The Kier molecular flexibility index (Phi) is 4.61. The van der Waals surface area contributed by atoms with Crippen LogP contribution in [0.15, 0.2) is 24.4 Å². The molecule has 0 saturated carbocycles. The highest BCUT2D eigenvalue weighted by molar-refractivity contribution is 6.32. The first-order valence-electron chi connectivity index (χ1n) is 4.82. The number of alkyl halides is 3. The highest BCUT2D eigenvalue weighted by Crippen LogP contribution is 2.30. The van der Waals surface area contributed by atoms with E-state index in [1.54, 1.807) is 0 Å². The van der Waals surface area contributed by atoms with Gasteiger partial charge < -0.3 is 17.5 Å². The lowest BCUT2D eigenvalue weighted by atomic mass is 10.3. The van der Waals surface area contributed by atoms with Gasteiger partial charge in [-0.25, -0.2) is 14.5 Å². The lowest BCUT2D eigenvalue weighted by Crippen LogP contribution is -3.00. The molecule has 1 N–H and O–H groups in total. The monoisotopic (exact) mass is 326 g/mol. The number of nitrogens with zero attached hydrogens (tertiary/aromatic N) is 3. The first-order valence-corrected chi connectivity index (χ1v) is 5.20. The van der Waals surface area contributed by atoms with E-state index in [4.69, 9.17) is 16.7 Å². The molecule has 0 bridgehead atoms. The zero-order valence-electron chi connectivity index (χ0n) is 9.40. The second-order valence-corrected chi connectivity index (χ2v) is 3.85. The maximum Gasteiger partial charge on any atom is 0.435 e. The van der Waals surface area contributed by atoms with Gasteiger partial charge in [0, 0.05) is 12.3 Å².